The molecule has 0 amide bonds. The highest BCUT2D eigenvalue weighted by atomic mass is 16.6. The van der Waals surface area contributed by atoms with E-state index in [1.165, 1.54) is 24.3 Å². The molecule has 2 aromatic carbocycles. The Bertz CT molecular complexity index is 834. The number of carbonyl (C=O) groups excluding carboxylic acids is 1. The minimum absolute atomic E-state index is 0.0606. The van der Waals surface area contributed by atoms with Crippen LogP contribution in [-0.2, 0) is 10.3 Å². The number of ether oxygens (including phenoxy) is 1. The van der Waals surface area contributed by atoms with Crippen molar-refractivity contribution in [1.29, 1.82) is 0 Å². The summed E-state index contributed by atoms with van der Waals surface area (Å²) in [6.45, 7) is 12.0. The Morgan fingerprint density at radius 3 is 2.04 bits per heavy atom. The van der Waals surface area contributed by atoms with Gasteiger partial charge in [0.15, 0.2) is 0 Å². The van der Waals surface area contributed by atoms with Crippen molar-refractivity contribution in [3.8, 4) is 0 Å². The molecule has 0 heterocycles. The molecule has 0 aliphatic carbocycles. The van der Waals surface area contributed by atoms with E-state index in [-0.39, 0.29) is 16.7 Å². The van der Waals surface area contributed by atoms with Gasteiger partial charge in [-0.2, -0.15) is 0 Å². The summed E-state index contributed by atoms with van der Waals surface area (Å²) in [6.07, 6.45) is 0. The van der Waals surface area contributed by atoms with Crippen LogP contribution < -0.4 is 0 Å². The van der Waals surface area contributed by atoms with Crippen LogP contribution in [0.3, 0.4) is 0 Å². The van der Waals surface area contributed by atoms with Crippen molar-refractivity contribution in [3.05, 3.63) is 74.8 Å². The van der Waals surface area contributed by atoms with Gasteiger partial charge in [0, 0.05) is 17.5 Å². The Labute approximate surface area is 154 Å². The van der Waals surface area contributed by atoms with Crippen LogP contribution in [0.5, 0.6) is 0 Å². The lowest BCUT2D eigenvalue weighted by atomic mass is 9.72. The molecule has 0 spiro atoms. The van der Waals surface area contributed by atoms with Crippen LogP contribution in [0.1, 0.15) is 54.7 Å². The fourth-order valence-corrected chi connectivity index (χ4v) is 2.92. The first-order valence-corrected chi connectivity index (χ1v) is 8.51. The fraction of sp³-hybridized carbons (Fsp3) is 0.381. The lowest BCUT2D eigenvalue weighted by Crippen LogP contribution is -2.42. The number of aryl methyl sites for hydroxylation is 2. The first kappa shape index (κ1) is 19.6. The topological polar surface area (TPSA) is 69.4 Å². The molecule has 138 valence electrons. The van der Waals surface area contributed by atoms with Crippen LogP contribution in [0.25, 0.3) is 0 Å². The molecule has 0 aliphatic rings. The standard InChI is InChI=1S/C21H25NO4/c1-14-7-12-18(15(2)13-14)21(6,20(3,4)5)26-19(23)16-8-10-17(11-9-16)22(24)25/h7-13H,1-6H3. The van der Waals surface area contributed by atoms with E-state index in [0.717, 1.165) is 16.7 Å². The molecule has 1 atom stereocenters. The summed E-state index contributed by atoms with van der Waals surface area (Å²) in [6, 6.07) is 11.5. The van der Waals surface area contributed by atoms with Gasteiger partial charge in [-0.1, -0.05) is 44.5 Å². The van der Waals surface area contributed by atoms with Crippen LogP contribution in [-0.4, -0.2) is 10.9 Å². The van der Waals surface area contributed by atoms with E-state index >= 15 is 0 Å². The monoisotopic (exact) mass is 355 g/mol. The van der Waals surface area contributed by atoms with E-state index in [0.29, 0.717) is 0 Å². The molecule has 0 aliphatic heterocycles. The van der Waals surface area contributed by atoms with Gasteiger partial charge >= 0.3 is 5.97 Å². The maximum absolute atomic E-state index is 12.7. The third-order valence-corrected chi connectivity index (χ3v) is 4.94. The summed E-state index contributed by atoms with van der Waals surface area (Å²) in [5.41, 5.74) is 2.16. The summed E-state index contributed by atoms with van der Waals surface area (Å²) in [5.74, 6) is -0.503. The summed E-state index contributed by atoms with van der Waals surface area (Å²) in [5, 5.41) is 10.8. The molecule has 0 bridgehead atoms. The van der Waals surface area contributed by atoms with Crippen molar-refractivity contribution in [1.82, 2.24) is 0 Å². The van der Waals surface area contributed by atoms with Gasteiger partial charge in [-0.3, -0.25) is 10.1 Å². The van der Waals surface area contributed by atoms with Gasteiger partial charge in [0.2, 0.25) is 0 Å². The van der Waals surface area contributed by atoms with Gasteiger partial charge in [0.25, 0.3) is 5.69 Å². The predicted molar refractivity (Wildman–Crippen MR) is 101 cm³/mol. The molecule has 0 radical (unpaired) electrons. The van der Waals surface area contributed by atoms with Crippen LogP contribution in [0.2, 0.25) is 0 Å². The molecule has 26 heavy (non-hydrogen) atoms. The summed E-state index contributed by atoms with van der Waals surface area (Å²) < 4.78 is 5.99. The number of esters is 1. The molecule has 0 fully saturated rings. The minimum Gasteiger partial charge on any atom is -0.450 e. The molecular formula is C21H25NO4. The Hall–Kier alpha value is -2.69. The summed E-state index contributed by atoms with van der Waals surface area (Å²) in [4.78, 5) is 23.0. The molecule has 1 unspecified atom stereocenters. The Morgan fingerprint density at radius 2 is 1.58 bits per heavy atom. The number of nitro groups is 1. The van der Waals surface area contributed by atoms with Crippen molar-refractivity contribution < 1.29 is 14.5 Å². The van der Waals surface area contributed by atoms with Gasteiger partial charge < -0.3 is 4.74 Å². The zero-order valence-corrected chi connectivity index (χ0v) is 16.1. The number of rotatable bonds is 4. The van der Waals surface area contributed by atoms with Crippen LogP contribution in [0.4, 0.5) is 5.69 Å². The third kappa shape index (κ3) is 3.77. The second kappa shape index (κ2) is 6.90. The SMILES string of the molecule is Cc1ccc(C(C)(OC(=O)c2ccc([N+](=O)[O-])cc2)C(C)(C)C)c(C)c1. The number of nitrogens with zero attached hydrogens (tertiary/aromatic N) is 1. The average molecular weight is 355 g/mol. The highest BCUT2D eigenvalue weighted by Gasteiger charge is 2.44. The average Bonchev–Trinajstić information content (AvgIpc) is 2.53. The van der Waals surface area contributed by atoms with Gasteiger partial charge in [0.1, 0.15) is 5.60 Å². The lowest BCUT2D eigenvalue weighted by molar-refractivity contribution is -0.384. The third-order valence-electron chi connectivity index (χ3n) is 4.94. The van der Waals surface area contributed by atoms with E-state index in [4.69, 9.17) is 4.74 Å². The number of hydrogen-bond acceptors (Lipinski definition) is 4. The van der Waals surface area contributed by atoms with Crippen molar-refractivity contribution in [3.63, 3.8) is 0 Å². The number of non-ortho nitro benzene ring substituents is 1. The van der Waals surface area contributed by atoms with E-state index in [9.17, 15) is 14.9 Å². The van der Waals surface area contributed by atoms with Gasteiger partial charge in [-0.05, 0) is 44.0 Å². The summed E-state index contributed by atoms with van der Waals surface area (Å²) >= 11 is 0. The highest BCUT2D eigenvalue weighted by Crippen LogP contribution is 2.44. The summed E-state index contributed by atoms with van der Waals surface area (Å²) in [7, 11) is 0. The van der Waals surface area contributed by atoms with Crippen molar-refractivity contribution in [2.45, 2.75) is 47.1 Å². The Balaban J connectivity index is 2.42. The van der Waals surface area contributed by atoms with Gasteiger partial charge in [0.05, 0.1) is 10.5 Å². The highest BCUT2D eigenvalue weighted by molar-refractivity contribution is 5.90. The molecule has 5 heteroatoms. The van der Waals surface area contributed by atoms with E-state index in [1.807, 2.05) is 53.7 Å². The van der Waals surface area contributed by atoms with Crippen molar-refractivity contribution in [2.24, 2.45) is 5.41 Å². The molecule has 0 aromatic heterocycles. The first-order chi connectivity index (χ1) is 12.0. The van der Waals surface area contributed by atoms with E-state index in [2.05, 4.69) is 6.07 Å². The molecule has 0 N–H and O–H groups in total. The first-order valence-electron chi connectivity index (χ1n) is 8.51. The number of carbonyl (C=O) groups is 1. The molecule has 2 aromatic rings. The molecular weight excluding hydrogens is 330 g/mol. The number of nitro benzene ring substituents is 1. The minimum atomic E-state index is -0.857. The molecule has 0 saturated heterocycles. The maximum atomic E-state index is 12.7. The Morgan fingerprint density at radius 1 is 1.00 bits per heavy atom. The quantitative estimate of drug-likeness (QED) is 0.422. The number of hydrogen-bond donors (Lipinski definition) is 0. The van der Waals surface area contributed by atoms with E-state index < -0.39 is 16.5 Å². The van der Waals surface area contributed by atoms with Crippen LogP contribution in [0.15, 0.2) is 42.5 Å². The Kier molecular flexibility index (Phi) is 5.21. The fourth-order valence-electron chi connectivity index (χ4n) is 2.92. The largest absolute Gasteiger partial charge is 0.450 e. The van der Waals surface area contributed by atoms with Crippen molar-refractivity contribution >= 4 is 11.7 Å². The molecule has 2 rings (SSSR count). The zero-order chi connectivity index (χ0) is 19.7. The van der Waals surface area contributed by atoms with Gasteiger partial charge in [-0.25, -0.2) is 4.79 Å². The normalized spacial score (nSPS) is 13.8. The predicted octanol–water partition coefficient (Wildman–Crippen LogP) is 5.33. The lowest BCUT2D eigenvalue weighted by Gasteiger charge is -2.42. The zero-order valence-electron chi connectivity index (χ0n) is 16.1. The van der Waals surface area contributed by atoms with Crippen LogP contribution in [0, 0.1) is 29.4 Å². The second-order valence-electron chi connectivity index (χ2n) is 7.80. The number of benzene rings is 2. The van der Waals surface area contributed by atoms with Gasteiger partial charge in [-0.15, -0.1) is 0 Å². The molecule has 0 saturated carbocycles. The van der Waals surface area contributed by atoms with Crippen LogP contribution >= 0.6 is 0 Å². The maximum Gasteiger partial charge on any atom is 0.339 e. The molecule has 5 nitrogen and oxygen atoms in total. The smallest absolute Gasteiger partial charge is 0.339 e. The van der Waals surface area contributed by atoms with Crippen molar-refractivity contribution in [2.75, 3.05) is 0 Å². The van der Waals surface area contributed by atoms with E-state index in [1.54, 1.807) is 0 Å². The second-order valence-corrected chi connectivity index (χ2v) is 7.80.